The average Bonchev–Trinajstić information content (AvgIpc) is 2.33. The van der Waals surface area contributed by atoms with E-state index in [1.807, 2.05) is 0 Å². The van der Waals surface area contributed by atoms with Crippen molar-refractivity contribution in [2.45, 2.75) is 19.4 Å². The lowest BCUT2D eigenvalue weighted by atomic mass is 9.90. The fourth-order valence-electron chi connectivity index (χ4n) is 1.71. The van der Waals surface area contributed by atoms with Gasteiger partial charge in [0.2, 0.25) is 6.41 Å². The molecule has 18 heavy (non-hydrogen) atoms. The lowest BCUT2D eigenvalue weighted by molar-refractivity contribution is -0.154. The average molecular weight is 318 g/mol. The predicted molar refractivity (Wildman–Crippen MR) is 67.5 cm³/mol. The van der Waals surface area contributed by atoms with Crippen molar-refractivity contribution in [3.8, 4) is 0 Å². The molecular weight excluding hydrogens is 305 g/mol. The first kappa shape index (κ1) is 14.6. The third kappa shape index (κ3) is 2.38. The third-order valence-corrected chi connectivity index (χ3v) is 3.55. The number of nitrogens with zero attached hydrogens (tertiary/aromatic N) is 1. The molecule has 0 bridgehead atoms. The Labute approximate surface area is 113 Å². The van der Waals surface area contributed by atoms with E-state index in [4.69, 9.17) is 0 Å². The number of hydrogen-bond acceptors (Lipinski definition) is 2. The summed E-state index contributed by atoms with van der Waals surface area (Å²) in [6.45, 7) is 3.32. The minimum absolute atomic E-state index is 0.162. The highest BCUT2D eigenvalue weighted by molar-refractivity contribution is 9.10. The van der Waals surface area contributed by atoms with Crippen LogP contribution >= 0.6 is 15.9 Å². The molecule has 0 spiro atoms. The van der Waals surface area contributed by atoms with Gasteiger partial charge in [0, 0.05) is 6.54 Å². The number of halogens is 2. The standard InChI is InChI=1S/C12H13BrFNO3/c1-3-15(7-16)12(2,11(17)18)8-4-5-10(14)9(13)6-8/h4-7H,3H2,1-2H3,(H,17,18). The van der Waals surface area contributed by atoms with Crippen molar-refractivity contribution >= 4 is 28.3 Å². The summed E-state index contributed by atoms with van der Waals surface area (Å²) in [5, 5.41) is 9.37. The molecule has 1 aromatic carbocycles. The van der Waals surface area contributed by atoms with Gasteiger partial charge in [0.15, 0.2) is 5.54 Å². The number of likely N-dealkylation sites (N-methyl/N-ethyl adjacent to an activating group) is 1. The van der Waals surface area contributed by atoms with Crippen molar-refractivity contribution in [2.75, 3.05) is 6.54 Å². The van der Waals surface area contributed by atoms with Crippen molar-refractivity contribution in [1.29, 1.82) is 0 Å². The first-order chi connectivity index (χ1) is 8.37. The van der Waals surface area contributed by atoms with E-state index in [1.54, 1.807) is 6.92 Å². The second kappa shape index (κ2) is 5.48. The molecule has 0 aromatic heterocycles. The molecule has 0 heterocycles. The Bertz CT molecular complexity index is 480. The highest BCUT2D eigenvalue weighted by Crippen LogP contribution is 2.30. The highest BCUT2D eigenvalue weighted by Gasteiger charge is 2.40. The van der Waals surface area contributed by atoms with E-state index in [1.165, 1.54) is 25.1 Å². The second-order valence-electron chi connectivity index (χ2n) is 3.90. The fraction of sp³-hybridized carbons (Fsp3) is 0.333. The van der Waals surface area contributed by atoms with Gasteiger partial charge in [0.1, 0.15) is 5.82 Å². The molecule has 1 aromatic rings. The summed E-state index contributed by atoms with van der Waals surface area (Å²) in [7, 11) is 0. The molecule has 0 saturated carbocycles. The number of rotatable bonds is 5. The van der Waals surface area contributed by atoms with E-state index in [-0.39, 0.29) is 11.0 Å². The van der Waals surface area contributed by atoms with E-state index in [0.717, 1.165) is 4.90 Å². The van der Waals surface area contributed by atoms with Crippen molar-refractivity contribution < 1.29 is 19.1 Å². The zero-order chi connectivity index (χ0) is 13.9. The van der Waals surface area contributed by atoms with Crippen molar-refractivity contribution in [3.63, 3.8) is 0 Å². The van der Waals surface area contributed by atoms with Gasteiger partial charge in [-0.15, -0.1) is 0 Å². The van der Waals surface area contributed by atoms with Crippen LogP contribution in [0.25, 0.3) is 0 Å². The normalized spacial score (nSPS) is 13.8. The fourth-order valence-corrected chi connectivity index (χ4v) is 2.09. The number of carboxylic acids is 1. The largest absolute Gasteiger partial charge is 0.479 e. The first-order valence-corrected chi connectivity index (χ1v) is 6.08. The Hall–Kier alpha value is -1.43. The maximum absolute atomic E-state index is 13.2. The van der Waals surface area contributed by atoms with Gasteiger partial charge >= 0.3 is 5.97 Å². The van der Waals surface area contributed by atoms with Crippen LogP contribution in [0.5, 0.6) is 0 Å². The lowest BCUT2D eigenvalue weighted by Crippen LogP contribution is -2.49. The molecular formula is C12H13BrFNO3. The van der Waals surface area contributed by atoms with Gasteiger partial charge in [-0.3, -0.25) is 4.79 Å². The zero-order valence-corrected chi connectivity index (χ0v) is 11.6. The van der Waals surface area contributed by atoms with E-state index >= 15 is 0 Å². The highest BCUT2D eigenvalue weighted by atomic mass is 79.9. The molecule has 0 fully saturated rings. The summed E-state index contributed by atoms with van der Waals surface area (Å²) in [4.78, 5) is 23.6. The SMILES string of the molecule is CCN(C=O)C(C)(C(=O)O)c1ccc(F)c(Br)c1. The molecule has 1 amide bonds. The molecule has 6 heteroatoms. The number of aliphatic carboxylic acids is 1. The van der Waals surface area contributed by atoms with Crippen LogP contribution < -0.4 is 0 Å². The third-order valence-electron chi connectivity index (χ3n) is 2.94. The van der Waals surface area contributed by atoms with Crippen LogP contribution in [-0.4, -0.2) is 28.9 Å². The summed E-state index contributed by atoms with van der Waals surface area (Å²) in [6, 6.07) is 3.90. The summed E-state index contributed by atoms with van der Waals surface area (Å²) in [5.74, 6) is -1.66. The topological polar surface area (TPSA) is 57.6 Å². The minimum Gasteiger partial charge on any atom is -0.479 e. The van der Waals surface area contributed by atoms with Gasteiger partial charge in [0.25, 0.3) is 0 Å². The Morgan fingerprint density at radius 3 is 2.61 bits per heavy atom. The van der Waals surface area contributed by atoms with Crippen LogP contribution in [0.3, 0.4) is 0 Å². The molecule has 1 atom stereocenters. The van der Waals surface area contributed by atoms with E-state index in [0.29, 0.717) is 12.0 Å². The monoisotopic (exact) mass is 317 g/mol. The van der Waals surface area contributed by atoms with E-state index in [2.05, 4.69) is 15.9 Å². The molecule has 0 radical (unpaired) electrons. The molecule has 0 aliphatic heterocycles. The van der Waals surface area contributed by atoms with Gasteiger partial charge in [-0.05, 0) is 47.5 Å². The number of carboxylic acid groups (broad SMARTS) is 1. The zero-order valence-electron chi connectivity index (χ0n) is 9.98. The van der Waals surface area contributed by atoms with Crippen LogP contribution in [-0.2, 0) is 15.1 Å². The summed E-state index contributed by atoms with van der Waals surface area (Å²) < 4.78 is 13.3. The number of benzene rings is 1. The quantitative estimate of drug-likeness (QED) is 0.848. The molecule has 1 unspecified atom stereocenters. The predicted octanol–water partition coefficient (Wildman–Crippen LogP) is 2.37. The molecule has 1 rings (SSSR count). The second-order valence-corrected chi connectivity index (χ2v) is 4.75. The van der Waals surface area contributed by atoms with Crippen LogP contribution in [0.4, 0.5) is 4.39 Å². The van der Waals surface area contributed by atoms with Gasteiger partial charge in [-0.25, -0.2) is 9.18 Å². The van der Waals surface area contributed by atoms with Gasteiger partial charge in [-0.1, -0.05) is 6.07 Å². The Kier molecular flexibility index (Phi) is 4.45. The maximum atomic E-state index is 13.2. The van der Waals surface area contributed by atoms with Gasteiger partial charge in [-0.2, -0.15) is 0 Å². The smallest absolute Gasteiger partial charge is 0.334 e. The van der Waals surface area contributed by atoms with Crippen LogP contribution in [0.2, 0.25) is 0 Å². The molecule has 0 saturated heterocycles. The Balaban J connectivity index is 3.39. The summed E-state index contributed by atoms with van der Waals surface area (Å²) in [5.41, 5.74) is -1.19. The minimum atomic E-state index is -1.52. The molecule has 0 aliphatic rings. The number of carbonyl (C=O) groups excluding carboxylic acids is 1. The van der Waals surface area contributed by atoms with Crippen molar-refractivity contribution in [1.82, 2.24) is 4.90 Å². The van der Waals surface area contributed by atoms with Crippen molar-refractivity contribution in [2.24, 2.45) is 0 Å². The molecule has 4 nitrogen and oxygen atoms in total. The first-order valence-electron chi connectivity index (χ1n) is 5.28. The molecule has 1 N–H and O–H groups in total. The molecule has 0 aliphatic carbocycles. The Morgan fingerprint density at radius 2 is 2.22 bits per heavy atom. The Morgan fingerprint density at radius 1 is 1.61 bits per heavy atom. The number of hydrogen-bond donors (Lipinski definition) is 1. The summed E-state index contributed by atoms with van der Waals surface area (Å²) >= 11 is 3.01. The molecule has 98 valence electrons. The van der Waals surface area contributed by atoms with E-state index < -0.39 is 17.3 Å². The number of carbonyl (C=O) groups is 2. The lowest BCUT2D eigenvalue weighted by Gasteiger charge is -2.35. The maximum Gasteiger partial charge on any atom is 0.334 e. The number of amides is 1. The van der Waals surface area contributed by atoms with E-state index in [9.17, 15) is 19.1 Å². The van der Waals surface area contributed by atoms with Crippen LogP contribution in [0, 0.1) is 5.82 Å². The van der Waals surface area contributed by atoms with Gasteiger partial charge < -0.3 is 10.0 Å². The van der Waals surface area contributed by atoms with Crippen LogP contribution in [0.1, 0.15) is 19.4 Å². The summed E-state index contributed by atoms with van der Waals surface area (Å²) in [6.07, 6.45) is 0.478. The van der Waals surface area contributed by atoms with Gasteiger partial charge in [0.05, 0.1) is 4.47 Å². The van der Waals surface area contributed by atoms with Crippen molar-refractivity contribution in [3.05, 3.63) is 34.1 Å². The van der Waals surface area contributed by atoms with Crippen LogP contribution in [0.15, 0.2) is 22.7 Å².